The lowest BCUT2D eigenvalue weighted by Crippen LogP contribution is -2.39. The molecule has 0 saturated heterocycles. The second-order valence-corrected chi connectivity index (χ2v) is 6.20. The van der Waals surface area contributed by atoms with E-state index in [2.05, 4.69) is 23.7 Å². The number of hydrogen-bond donors (Lipinski definition) is 2. The lowest BCUT2D eigenvalue weighted by atomic mass is 10.1. The van der Waals surface area contributed by atoms with Crippen molar-refractivity contribution in [1.82, 2.24) is 15.2 Å². The highest BCUT2D eigenvalue weighted by Gasteiger charge is 2.16. The van der Waals surface area contributed by atoms with Gasteiger partial charge in [0.25, 0.3) is 5.91 Å². The summed E-state index contributed by atoms with van der Waals surface area (Å²) in [6.45, 7) is 8.26. The SMILES string of the molecule is CNC(=O)NC(=O)COC(=O)C(C#N)=Cc1cc(C)n(CC(C)C)c1C. The first kappa shape index (κ1) is 21.0. The van der Waals surface area contributed by atoms with Gasteiger partial charge in [0.05, 0.1) is 0 Å². The van der Waals surface area contributed by atoms with Crippen LogP contribution in [0.4, 0.5) is 4.79 Å². The highest BCUT2D eigenvalue weighted by atomic mass is 16.5. The predicted molar refractivity (Wildman–Crippen MR) is 95.9 cm³/mol. The first-order valence-electron chi connectivity index (χ1n) is 8.16. The summed E-state index contributed by atoms with van der Waals surface area (Å²) in [5.41, 5.74) is 2.49. The molecule has 2 N–H and O–H groups in total. The van der Waals surface area contributed by atoms with Crippen LogP contribution in [0, 0.1) is 31.1 Å². The molecule has 0 aliphatic rings. The zero-order chi connectivity index (χ0) is 19.9. The molecular weight excluding hydrogens is 336 g/mol. The predicted octanol–water partition coefficient (Wildman–Crippen LogP) is 1.67. The van der Waals surface area contributed by atoms with Gasteiger partial charge in [-0.2, -0.15) is 5.26 Å². The van der Waals surface area contributed by atoms with Crippen molar-refractivity contribution in [2.45, 2.75) is 34.2 Å². The largest absolute Gasteiger partial charge is 0.451 e. The summed E-state index contributed by atoms with van der Waals surface area (Å²) < 4.78 is 6.91. The minimum Gasteiger partial charge on any atom is -0.451 e. The Bertz CT molecular complexity index is 769. The zero-order valence-electron chi connectivity index (χ0n) is 15.7. The maximum absolute atomic E-state index is 12.0. The molecule has 0 aliphatic heterocycles. The number of rotatable bonds is 6. The molecule has 0 aliphatic carbocycles. The Morgan fingerprint density at radius 1 is 1.35 bits per heavy atom. The van der Waals surface area contributed by atoms with Gasteiger partial charge in [0, 0.05) is 25.0 Å². The number of nitrogens with zero attached hydrogens (tertiary/aromatic N) is 2. The molecule has 0 saturated carbocycles. The second-order valence-electron chi connectivity index (χ2n) is 6.20. The number of hydrogen-bond acceptors (Lipinski definition) is 5. The Balaban J connectivity index is 2.88. The smallest absolute Gasteiger partial charge is 0.349 e. The fraction of sp³-hybridized carbons (Fsp3) is 0.444. The van der Waals surface area contributed by atoms with E-state index in [1.165, 1.54) is 13.1 Å². The molecule has 0 bridgehead atoms. The third kappa shape index (κ3) is 5.77. The molecule has 0 aromatic carbocycles. The minimum absolute atomic E-state index is 0.220. The highest BCUT2D eigenvalue weighted by Crippen LogP contribution is 2.20. The number of aromatic nitrogens is 1. The maximum atomic E-state index is 12.0. The molecule has 8 heteroatoms. The molecule has 0 atom stereocenters. The summed E-state index contributed by atoms with van der Waals surface area (Å²) in [5.74, 6) is -1.26. The van der Waals surface area contributed by atoms with Crippen LogP contribution in [0.5, 0.6) is 0 Å². The first-order valence-corrected chi connectivity index (χ1v) is 8.16. The number of urea groups is 1. The molecule has 0 fully saturated rings. The fourth-order valence-corrected chi connectivity index (χ4v) is 2.35. The fourth-order valence-electron chi connectivity index (χ4n) is 2.35. The van der Waals surface area contributed by atoms with Crippen molar-refractivity contribution in [2.24, 2.45) is 5.92 Å². The van der Waals surface area contributed by atoms with Crippen LogP contribution in [0.1, 0.15) is 30.8 Å². The summed E-state index contributed by atoms with van der Waals surface area (Å²) in [6.07, 6.45) is 1.44. The highest BCUT2D eigenvalue weighted by molar-refractivity contribution is 6.00. The lowest BCUT2D eigenvalue weighted by Gasteiger charge is -2.12. The molecule has 8 nitrogen and oxygen atoms in total. The van der Waals surface area contributed by atoms with Gasteiger partial charge in [0.15, 0.2) is 6.61 Å². The molecule has 1 heterocycles. The second kappa shape index (κ2) is 9.42. The van der Waals surface area contributed by atoms with Gasteiger partial charge in [0.1, 0.15) is 11.6 Å². The summed E-state index contributed by atoms with van der Waals surface area (Å²) in [6, 6.07) is 2.97. The number of aryl methyl sites for hydroxylation is 1. The first-order chi connectivity index (χ1) is 12.2. The van der Waals surface area contributed by atoms with Crippen LogP contribution >= 0.6 is 0 Å². The molecule has 3 amide bonds. The topological polar surface area (TPSA) is 113 Å². The van der Waals surface area contributed by atoms with Crippen molar-refractivity contribution in [3.8, 4) is 6.07 Å². The summed E-state index contributed by atoms with van der Waals surface area (Å²) in [4.78, 5) is 34.5. The molecule has 140 valence electrons. The summed E-state index contributed by atoms with van der Waals surface area (Å²) >= 11 is 0. The Morgan fingerprint density at radius 2 is 2.00 bits per heavy atom. The van der Waals surface area contributed by atoms with E-state index >= 15 is 0 Å². The van der Waals surface area contributed by atoms with Crippen LogP contribution in [0.2, 0.25) is 0 Å². The van der Waals surface area contributed by atoms with Crippen LogP contribution in [0.3, 0.4) is 0 Å². The van der Waals surface area contributed by atoms with Crippen LogP contribution in [-0.2, 0) is 20.9 Å². The van der Waals surface area contributed by atoms with Gasteiger partial charge in [-0.3, -0.25) is 10.1 Å². The maximum Gasteiger partial charge on any atom is 0.349 e. The Hall–Kier alpha value is -3.08. The van der Waals surface area contributed by atoms with E-state index < -0.39 is 24.5 Å². The Morgan fingerprint density at radius 3 is 2.54 bits per heavy atom. The number of imide groups is 1. The molecular formula is C18H24N4O4. The van der Waals surface area contributed by atoms with Gasteiger partial charge in [-0.15, -0.1) is 0 Å². The van der Waals surface area contributed by atoms with Gasteiger partial charge < -0.3 is 14.6 Å². The van der Waals surface area contributed by atoms with Crippen LogP contribution in [0.15, 0.2) is 11.6 Å². The van der Waals surface area contributed by atoms with E-state index in [1.807, 2.05) is 25.2 Å². The molecule has 0 radical (unpaired) electrons. The van der Waals surface area contributed by atoms with Gasteiger partial charge in [-0.05, 0) is 37.5 Å². The molecule has 26 heavy (non-hydrogen) atoms. The number of ether oxygens (including phenoxy) is 1. The monoisotopic (exact) mass is 360 g/mol. The van der Waals surface area contributed by atoms with E-state index in [4.69, 9.17) is 4.74 Å². The van der Waals surface area contributed by atoms with Crippen LogP contribution in [-0.4, -0.2) is 36.1 Å². The molecule has 1 aromatic rings. The van der Waals surface area contributed by atoms with Crippen molar-refractivity contribution in [1.29, 1.82) is 5.26 Å². The summed E-state index contributed by atoms with van der Waals surface area (Å²) in [5, 5.41) is 13.4. The van der Waals surface area contributed by atoms with Crippen molar-refractivity contribution < 1.29 is 19.1 Å². The third-order valence-corrected chi connectivity index (χ3v) is 3.62. The average Bonchev–Trinajstić information content (AvgIpc) is 2.84. The Kier molecular flexibility index (Phi) is 7.59. The molecule has 0 unspecified atom stereocenters. The minimum atomic E-state index is -0.923. The van der Waals surface area contributed by atoms with E-state index in [-0.39, 0.29) is 5.57 Å². The van der Waals surface area contributed by atoms with Gasteiger partial charge >= 0.3 is 12.0 Å². The Labute approximate surface area is 152 Å². The van der Waals surface area contributed by atoms with Crippen molar-refractivity contribution in [3.63, 3.8) is 0 Å². The average molecular weight is 360 g/mol. The molecule has 1 rings (SSSR count). The number of esters is 1. The van der Waals surface area contributed by atoms with E-state index in [0.717, 1.165) is 23.5 Å². The van der Waals surface area contributed by atoms with Gasteiger partial charge in [-0.1, -0.05) is 13.8 Å². The number of carbonyl (C=O) groups excluding carboxylic acids is 3. The lowest BCUT2D eigenvalue weighted by molar-refractivity contribution is -0.144. The quantitative estimate of drug-likeness (QED) is 0.455. The molecule has 0 spiro atoms. The van der Waals surface area contributed by atoms with Crippen molar-refractivity contribution in [2.75, 3.05) is 13.7 Å². The van der Waals surface area contributed by atoms with Crippen molar-refractivity contribution >= 4 is 24.0 Å². The standard InChI is InChI=1S/C18H24N4O4/c1-11(2)9-22-12(3)6-14(13(22)4)7-15(8-19)17(24)26-10-16(23)21-18(25)20-5/h6-7,11H,9-10H2,1-5H3,(H2,20,21,23,25). The van der Waals surface area contributed by atoms with Crippen molar-refractivity contribution in [3.05, 3.63) is 28.6 Å². The van der Waals surface area contributed by atoms with Crippen LogP contribution in [0.25, 0.3) is 6.08 Å². The van der Waals surface area contributed by atoms with Gasteiger partial charge in [-0.25, -0.2) is 9.59 Å². The van der Waals surface area contributed by atoms with E-state index in [0.29, 0.717) is 5.92 Å². The number of nitriles is 1. The number of carbonyl (C=O) groups is 3. The molecule has 1 aromatic heterocycles. The number of nitrogens with one attached hydrogen (secondary N) is 2. The summed E-state index contributed by atoms with van der Waals surface area (Å²) in [7, 11) is 1.35. The van der Waals surface area contributed by atoms with E-state index in [1.54, 1.807) is 6.07 Å². The van der Waals surface area contributed by atoms with Gasteiger partial charge in [0.2, 0.25) is 0 Å². The normalized spacial score (nSPS) is 11.0. The third-order valence-electron chi connectivity index (χ3n) is 3.62. The number of amides is 3. The van der Waals surface area contributed by atoms with E-state index in [9.17, 15) is 19.6 Å². The zero-order valence-corrected chi connectivity index (χ0v) is 15.7. The van der Waals surface area contributed by atoms with Crippen LogP contribution < -0.4 is 10.6 Å².